The van der Waals surface area contributed by atoms with Gasteiger partial charge in [0.2, 0.25) is 0 Å². The minimum absolute atomic E-state index is 0.00840. The van der Waals surface area contributed by atoms with E-state index in [-0.39, 0.29) is 22.8 Å². The highest BCUT2D eigenvalue weighted by molar-refractivity contribution is 9.10. The largest absolute Gasteiger partial charge is 0.346 e. The highest BCUT2D eigenvalue weighted by Gasteiger charge is 2.16. The van der Waals surface area contributed by atoms with Crippen LogP contribution in [-0.2, 0) is 13.6 Å². The Morgan fingerprint density at radius 3 is 2.86 bits per heavy atom. The Hall–Kier alpha value is -1.93. The van der Waals surface area contributed by atoms with E-state index in [9.17, 15) is 14.9 Å². The summed E-state index contributed by atoms with van der Waals surface area (Å²) in [7, 11) is 1.75. The fraction of sp³-hybridized carbons (Fsp3) is 0.167. The Kier molecular flexibility index (Phi) is 4.59. The van der Waals surface area contributed by atoms with Gasteiger partial charge in [0, 0.05) is 18.7 Å². The van der Waals surface area contributed by atoms with Crippen LogP contribution < -0.4 is 5.32 Å². The number of aryl methyl sites for hydroxylation is 1. The van der Waals surface area contributed by atoms with Crippen LogP contribution in [0.15, 0.2) is 28.9 Å². The van der Waals surface area contributed by atoms with E-state index >= 15 is 0 Å². The van der Waals surface area contributed by atoms with Crippen molar-refractivity contribution in [3.8, 4) is 0 Å². The van der Waals surface area contributed by atoms with E-state index in [2.05, 4.69) is 26.3 Å². The molecule has 0 aliphatic rings. The van der Waals surface area contributed by atoms with Crippen LogP contribution in [0.4, 0.5) is 5.69 Å². The number of benzene rings is 1. The number of aromatic nitrogens is 2. The molecule has 1 amide bonds. The Labute approximate surface area is 133 Å². The van der Waals surface area contributed by atoms with Crippen LogP contribution in [0.2, 0.25) is 5.02 Å². The summed E-state index contributed by atoms with van der Waals surface area (Å²) >= 11 is 9.03. The third-order valence-electron chi connectivity index (χ3n) is 2.83. The van der Waals surface area contributed by atoms with Gasteiger partial charge in [-0.2, -0.15) is 5.10 Å². The topological polar surface area (TPSA) is 90.1 Å². The Bertz CT molecular complexity index is 697. The predicted octanol–water partition coefficient (Wildman–Crippen LogP) is 2.67. The van der Waals surface area contributed by atoms with Crippen molar-refractivity contribution >= 4 is 39.1 Å². The molecule has 110 valence electrons. The molecule has 0 aliphatic heterocycles. The highest BCUT2D eigenvalue weighted by Crippen LogP contribution is 2.25. The summed E-state index contributed by atoms with van der Waals surface area (Å²) in [4.78, 5) is 22.2. The molecule has 0 saturated carbocycles. The minimum Gasteiger partial charge on any atom is -0.346 e. The third-order valence-corrected chi connectivity index (χ3v) is 3.81. The van der Waals surface area contributed by atoms with E-state index in [1.54, 1.807) is 17.9 Å². The van der Waals surface area contributed by atoms with Crippen LogP contribution in [0.3, 0.4) is 0 Å². The van der Waals surface area contributed by atoms with Crippen molar-refractivity contribution in [3.05, 3.63) is 55.3 Å². The normalized spacial score (nSPS) is 10.4. The number of amides is 1. The molecule has 0 radical (unpaired) electrons. The molecule has 1 heterocycles. The average Bonchev–Trinajstić information content (AvgIpc) is 2.75. The third kappa shape index (κ3) is 3.40. The SMILES string of the molecule is Cn1ncc(Br)c1CNC(=O)c1ccc(Cl)c([N+](=O)[O-])c1. The van der Waals surface area contributed by atoms with Crippen molar-refractivity contribution in [2.75, 3.05) is 0 Å². The van der Waals surface area contributed by atoms with Crippen LogP contribution in [0.5, 0.6) is 0 Å². The number of rotatable bonds is 4. The second-order valence-corrected chi connectivity index (χ2v) is 5.43. The summed E-state index contributed by atoms with van der Waals surface area (Å²) in [5.41, 5.74) is 0.655. The quantitative estimate of drug-likeness (QED) is 0.659. The lowest BCUT2D eigenvalue weighted by molar-refractivity contribution is -0.384. The number of carbonyl (C=O) groups excluding carboxylic acids is 1. The molecule has 0 fully saturated rings. The molecular weight excluding hydrogens is 364 g/mol. The summed E-state index contributed by atoms with van der Waals surface area (Å²) in [5.74, 6) is -0.428. The number of halogens is 2. The maximum Gasteiger partial charge on any atom is 0.288 e. The van der Waals surface area contributed by atoms with Gasteiger partial charge < -0.3 is 5.32 Å². The lowest BCUT2D eigenvalue weighted by Gasteiger charge is -2.07. The van der Waals surface area contributed by atoms with Crippen molar-refractivity contribution in [3.63, 3.8) is 0 Å². The minimum atomic E-state index is -0.628. The summed E-state index contributed by atoms with van der Waals surface area (Å²) in [6.45, 7) is 0.242. The first-order valence-electron chi connectivity index (χ1n) is 5.78. The first kappa shape index (κ1) is 15.5. The molecule has 21 heavy (non-hydrogen) atoms. The summed E-state index contributed by atoms with van der Waals surface area (Å²) < 4.78 is 2.39. The molecule has 1 aromatic heterocycles. The van der Waals surface area contributed by atoms with Gasteiger partial charge in [-0.05, 0) is 28.1 Å². The van der Waals surface area contributed by atoms with Crippen molar-refractivity contribution < 1.29 is 9.72 Å². The smallest absolute Gasteiger partial charge is 0.288 e. The zero-order valence-corrected chi connectivity index (χ0v) is 13.2. The molecule has 1 aromatic carbocycles. The first-order chi connectivity index (χ1) is 9.90. The van der Waals surface area contributed by atoms with E-state index < -0.39 is 10.8 Å². The van der Waals surface area contributed by atoms with Gasteiger partial charge in [-0.1, -0.05) is 11.6 Å². The number of nitro groups is 1. The van der Waals surface area contributed by atoms with Crippen LogP contribution >= 0.6 is 27.5 Å². The molecule has 1 N–H and O–H groups in total. The van der Waals surface area contributed by atoms with Crippen LogP contribution in [0.1, 0.15) is 16.1 Å². The van der Waals surface area contributed by atoms with Crippen LogP contribution in [0.25, 0.3) is 0 Å². The van der Waals surface area contributed by atoms with Gasteiger partial charge in [0.15, 0.2) is 0 Å². The Balaban J connectivity index is 2.14. The van der Waals surface area contributed by atoms with Gasteiger partial charge in [0.05, 0.1) is 27.8 Å². The fourth-order valence-electron chi connectivity index (χ4n) is 1.69. The fourth-order valence-corrected chi connectivity index (χ4v) is 2.37. The van der Waals surface area contributed by atoms with Crippen LogP contribution in [-0.4, -0.2) is 20.6 Å². The maximum atomic E-state index is 12.0. The monoisotopic (exact) mass is 372 g/mol. The molecule has 0 unspecified atom stereocenters. The summed E-state index contributed by atoms with van der Waals surface area (Å²) in [6.07, 6.45) is 1.62. The van der Waals surface area contributed by atoms with Gasteiger partial charge in [-0.3, -0.25) is 19.6 Å². The predicted molar refractivity (Wildman–Crippen MR) is 80.2 cm³/mol. The standard InChI is InChI=1S/C12H10BrClN4O3/c1-17-11(8(13)5-16-17)6-15-12(19)7-2-3-9(14)10(4-7)18(20)21/h2-5H,6H2,1H3,(H,15,19). The molecule has 7 nitrogen and oxygen atoms in total. The van der Waals surface area contributed by atoms with Gasteiger partial charge in [0.1, 0.15) is 5.02 Å². The van der Waals surface area contributed by atoms with E-state index in [4.69, 9.17) is 11.6 Å². The number of nitro benzene ring substituents is 1. The average molecular weight is 374 g/mol. The van der Waals surface area contributed by atoms with Gasteiger partial charge in [-0.25, -0.2) is 0 Å². The molecular formula is C12H10BrClN4O3. The number of carbonyl (C=O) groups is 1. The molecule has 2 rings (SSSR count). The molecule has 9 heteroatoms. The van der Waals surface area contributed by atoms with Gasteiger partial charge >= 0.3 is 0 Å². The molecule has 0 aliphatic carbocycles. The molecule has 0 saturated heterocycles. The zero-order valence-electron chi connectivity index (χ0n) is 10.8. The summed E-state index contributed by atoms with van der Waals surface area (Å²) in [6, 6.07) is 3.91. The van der Waals surface area contributed by atoms with E-state index in [1.807, 2.05) is 0 Å². The van der Waals surface area contributed by atoms with Crippen molar-refractivity contribution in [2.45, 2.75) is 6.54 Å². The van der Waals surface area contributed by atoms with Crippen LogP contribution in [0, 0.1) is 10.1 Å². The molecule has 0 bridgehead atoms. The second-order valence-electron chi connectivity index (χ2n) is 4.17. The molecule has 0 spiro atoms. The number of hydrogen-bond acceptors (Lipinski definition) is 4. The zero-order chi connectivity index (χ0) is 15.6. The van der Waals surface area contributed by atoms with E-state index in [0.717, 1.165) is 16.2 Å². The molecule has 2 aromatic rings. The number of nitrogens with zero attached hydrogens (tertiary/aromatic N) is 3. The Morgan fingerprint density at radius 2 is 2.29 bits per heavy atom. The van der Waals surface area contributed by atoms with Crippen molar-refractivity contribution in [1.29, 1.82) is 0 Å². The molecule has 0 atom stereocenters. The highest BCUT2D eigenvalue weighted by atomic mass is 79.9. The summed E-state index contributed by atoms with van der Waals surface area (Å²) in [5, 5.41) is 17.5. The van der Waals surface area contributed by atoms with E-state index in [0.29, 0.717) is 0 Å². The lowest BCUT2D eigenvalue weighted by atomic mass is 10.2. The lowest BCUT2D eigenvalue weighted by Crippen LogP contribution is -2.24. The van der Waals surface area contributed by atoms with Gasteiger partial charge in [0.25, 0.3) is 11.6 Å². The second kappa shape index (κ2) is 6.23. The first-order valence-corrected chi connectivity index (χ1v) is 6.95. The van der Waals surface area contributed by atoms with Crippen molar-refractivity contribution in [2.24, 2.45) is 7.05 Å². The Morgan fingerprint density at radius 1 is 1.57 bits per heavy atom. The van der Waals surface area contributed by atoms with Gasteiger partial charge in [-0.15, -0.1) is 0 Å². The van der Waals surface area contributed by atoms with Crippen molar-refractivity contribution in [1.82, 2.24) is 15.1 Å². The maximum absolute atomic E-state index is 12.0. The number of hydrogen-bond donors (Lipinski definition) is 1. The number of nitrogens with one attached hydrogen (secondary N) is 1. The van der Waals surface area contributed by atoms with E-state index in [1.165, 1.54) is 12.1 Å².